The highest BCUT2D eigenvalue weighted by Crippen LogP contribution is 2.48. The van der Waals surface area contributed by atoms with Crippen LogP contribution >= 0.6 is 11.3 Å². The standard InChI is InChI=1S/C20H26FNS/c21-13-16-7-6-12-22(14-16)20(10-4-1-5-11-20)19-18-9-3-2-8-17(18)15-23-19/h2-3,8-9,15-16H,1,4-7,10-14H2. The second-order valence-corrected chi connectivity index (χ2v) is 8.23. The molecule has 1 nitrogen and oxygen atoms in total. The number of likely N-dealkylation sites (tertiary alicyclic amines) is 1. The van der Waals surface area contributed by atoms with Crippen molar-refractivity contribution in [3.05, 3.63) is 34.5 Å². The maximum Gasteiger partial charge on any atom is 0.0934 e. The van der Waals surface area contributed by atoms with Gasteiger partial charge in [-0.1, -0.05) is 43.5 Å². The van der Waals surface area contributed by atoms with Gasteiger partial charge in [-0.3, -0.25) is 9.29 Å². The van der Waals surface area contributed by atoms with E-state index in [1.54, 1.807) is 4.88 Å². The van der Waals surface area contributed by atoms with E-state index in [2.05, 4.69) is 34.5 Å². The summed E-state index contributed by atoms with van der Waals surface area (Å²) < 4.78 is 13.3. The molecule has 2 fully saturated rings. The van der Waals surface area contributed by atoms with Crippen molar-refractivity contribution < 1.29 is 4.39 Å². The van der Waals surface area contributed by atoms with Crippen LogP contribution in [0.2, 0.25) is 0 Å². The zero-order valence-corrected chi connectivity index (χ0v) is 14.6. The van der Waals surface area contributed by atoms with Crippen molar-refractivity contribution in [2.45, 2.75) is 50.5 Å². The summed E-state index contributed by atoms with van der Waals surface area (Å²) in [5.74, 6) is 0.244. The largest absolute Gasteiger partial charge is 0.292 e. The Morgan fingerprint density at radius 1 is 1.13 bits per heavy atom. The lowest BCUT2D eigenvalue weighted by Gasteiger charge is -2.49. The highest BCUT2D eigenvalue weighted by Gasteiger charge is 2.43. The average molecular weight is 332 g/mol. The van der Waals surface area contributed by atoms with Crippen molar-refractivity contribution in [1.82, 2.24) is 4.90 Å². The van der Waals surface area contributed by atoms with Crippen molar-refractivity contribution in [3.63, 3.8) is 0 Å². The second-order valence-electron chi connectivity index (χ2n) is 7.35. The average Bonchev–Trinajstić information content (AvgIpc) is 3.07. The number of rotatable bonds is 3. The molecule has 1 saturated heterocycles. The highest BCUT2D eigenvalue weighted by molar-refractivity contribution is 7.11. The Kier molecular flexibility index (Phi) is 4.42. The first-order valence-electron chi connectivity index (χ1n) is 9.11. The number of benzene rings is 1. The molecule has 0 amide bonds. The van der Waals surface area contributed by atoms with Crippen LogP contribution in [0.3, 0.4) is 0 Å². The van der Waals surface area contributed by atoms with E-state index in [4.69, 9.17) is 0 Å². The molecule has 1 aromatic carbocycles. The van der Waals surface area contributed by atoms with Crippen molar-refractivity contribution in [1.29, 1.82) is 0 Å². The third-order valence-electron chi connectivity index (χ3n) is 5.96. The van der Waals surface area contributed by atoms with E-state index in [1.807, 2.05) is 11.3 Å². The van der Waals surface area contributed by atoms with Gasteiger partial charge in [-0.2, -0.15) is 0 Å². The van der Waals surface area contributed by atoms with E-state index < -0.39 is 0 Å². The van der Waals surface area contributed by atoms with Crippen molar-refractivity contribution in [2.75, 3.05) is 19.8 Å². The van der Waals surface area contributed by atoms with Crippen LogP contribution in [0.5, 0.6) is 0 Å². The number of alkyl halides is 1. The summed E-state index contributed by atoms with van der Waals surface area (Å²) in [7, 11) is 0. The first-order chi connectivity index (χ1) is 11.3. The molecule has 0 N–H and O–H groups in total. The summed E-state index contributed by atoms with van der Waals surface area (Å²) in [5, 5.41) is 5.12. The fourth-order valence-corrected chi connectivity index (χ4v) is 6.07. The van der Waals surface area contributed by atoms with E-state index >= 15 is 0 Å². The molecule has 2 aliphatic rings. The van der Waals surface area contributed by atoms with Gasteiger partial charge in [-0.15, -0.1) is 11.3 Å². The van der Waals surface area contributed by atoms with Crippen LogP contribution in [-0.4, -0.2) is 24.7 Å². The molecule has 1 aliphatic heterocycles. The minimum absolute atomic E-state index is 0.155. The monoisotopic (exact) mass is 331 g/mol. The Morgan fingerprint density at radius 3 is 2.78 bits per heavy atom. The molecule has 23 heavy (non-hydrogen) atoms. The predicted octanol–water partition coefficient (Wildman–Crippen LogP) is 5.74. The van der Waals surface area contributed by atoms with Gasteiger partial charge in [0.1, 0.15) is 0 Å². The lowest BCUT2D eigenvalue weighted by atomic mass is 9.76. The lowest BCUT2D eigenvalue weighted by molar-refractivity contribution is 0.00976. The van der Waals surface area contributed by atoms with Gasteiger partial charge in [-0.25, -0.2) is 0 Å². The van der Waals surface area contributed by atoms with Gasteiger partial charge < -0.3 is 0 Å². The molecule has 4 rings (SSSR count). The molecule has 0 radical (unpaired) electrons. The number of piperidine rings is 1. The molecule has 1 aliphatic carbocycles. The second kappa shape index (κ2) is 6.52. The molecule has 1 atom stereocenters. The van der Waals surface area contributed by atoms with Crippen LogP contribution in [0.4, 0.5) is 4.39 Å². The van der Waals surface area contributed by atoms with E-state index in [9.17, 15) is 4.39 Å². The van der Waals surface area contributed by atoms with Crippen molar-refractivity contribution in [2.24, 2.45) is 5.92 Å². The number of hydrogen-bond acceptors (Lipinski definition) is 2. The van der Waals surface area contributed by atoms with Gasteiger partial charge in [0.15, 0.2) is 0 Å². The SMILES string of the molecule is FCC1CCCN(C2(c3scc4ccccc34)CCCCC2)C1. The highest BCUT2D eigenvalue weighted by atomic mass is 32.1. The first kappa shape index (κ1) is 15.6. The Hall–Kier alpha value is -0.930. The molecule has 2 aromatic rings. The topological polar surface area (TPSA) is 3.24 Å². The van der Waals surface area contributed by atoms with Crippen LogP contribution in [0, 0.1) is 5.92 Å². The summed E-state index contributed by atoms with van der Waals surface area (Å²) in [6.45, 7) is 1.93. The minimum Gasteiger partial charge on any atom is -0.292 e. The molecule has 0 bridgehead atoms. The van der Waals surface area contributed by atoms with E-state index in [1.165, 1.54) is 42.9 Å². The molecular formula is C20H26FNS. The third-order valence-corrected chi connectivity index (χ3v) is 7.16. The molecule has 1 aromatic heterocycles. The van der Waals surface area contributed by atoms with Gasteiger partial charge in [0.2, 0.25) is 0 Å². The fourth-order valence-electron chi connectivity index (χ4n) is 4.76. The van der Waals surface area contributed by atoms with E-state index in [0.717, 1.165) is 25.9 Å². The number of nitrogens with zero attached hydrogens (tertiary/aromatic N) is 1. The Labute approximate surface area is 142 Å². The molecule has 0 spiro atoms. The van der Waals surface area contributed by atoms with Crippen LogP contribution in [0.15, 0.2) is 29.6 Å². The number of halogens is 1. The van der Waals surface area contributed by atoms with Gasteiger partial charge >= 0.3 is 0 Å². The van der Waals surface area contributed by atoms with Crippen molar-refractivity contribution in [3.8, 4) is 0 Å². The normalized spacial score (nSPS) is 25.7. The van der Waals surface area contributed by atoms with Crippen LogP contribution in [0.25, 0.3) is 10.8 Å². The van der Waals surface area contributed by atoms with Gasteiger partial charge in [0.25, 0.3) is 0 Å². The summed E-state index contributed by atoms with van der Waals surface area (Å²) in [6, 6.07) is 8.81. The van der Waals surface area contributed by atoms with Crippen LogP contribution < -0.4 is 0 Å². The van der Waals surface area contributed by atoms with Gasteiger partial charge in [0, 0.05) is 17.3 Å². The number of hydrogen-bond donors (Lipinski definition) is 0. The summed E-state index contributed by atoms with van der Waals surface area (Å²) >= 11 is 1.94. The maximum atomic E-state index is 13.3. The molecule has 1 saturated carbocycles. The summed E-state index contributed by atoms with van der Waals surface area (Å²) in [5.41, 5.74) is 0.167. The summed E-state index contributed by atoms with van der Waals surface area (Å²) in [6.07, 6.45) is 8.68. The Morgan fingerprint density at radius 2 is 1.96 bits per heavy atom. The quantitative estimate of drug-likeness (QED) is 0.693. The van der Waals surface area contributed by atoms with E-state index in [-0.39, 0.29) is 18.1 Å². The maximum absolute atomic E-state index is 13.3. The summed E-state index contributed by atoms with van der Waals surface area (Å²) in [4.78, 5) is 4.21. The molecule has 1 unspecified atom stereocenters. The zero-order chi connectivity index (χ0) is 15.7. The Bertz CT molecular complexity index is 658. The van der Waals surface area contributed by atoms with Crippen LogP contribution in [0.1, 0.15) is 49.8 Å². The molecular weight excluding hydrogens is 305 g/mol. The van der Waals surface area contributed by atoms with Gasteiger partial charge in [0.05, 0.1) is 12.2 Å². The zero-order valence-electron chi connectivity index (χ0n) is 13.8. The lowest BCUT2D eigenvalue weighted by Crippen LogP contribution is -2.51. The number of thiophene rings is 1. The minimum atomic E-state index is -0.155. The van der Waals surface area contributed by atoms with Crippen molar-refractivity contribution >= 4 is 22.1 Å². The fraction of sp³-hybridized carbons (Fsp3) is 0.600. The Balaban J connectivity index is 1.77. The number of fused-ring (bicyclic) bond motifs is 1. The predicted molar refractivity (Wildman–Crippen MR) is 96.9 cm³/mol. The van der Waals surface area contributed by atoms with Crippen LogP contribution in [-0.2, 0) is 5.54 Å². The van der Waals surface area contributed by atoms with Gasteiger partial charge in [-0.05, 0) is 48.4 Å². The third kappa shape index (κ3) is 2.72. The molecule has 124 valence electrons. The van der Waals surface area contributed by atoms with E-state index in [0.29, 0.717) is 0 Å². The molecule has 2 heterocycles. The smallest absolute Gasteiger partial charge is 0.0934 e. The first-order valence-corrected chi connectivity index (χ1v) is 9.99. The molecule has 3 heteroatoms.